The molecule has 6 nitrogen and oxygen atoms in total. The van der Waals surface area contributed by atoms with Crippen LogP contribution in [0.3, 0.4) is 0 Å². The number of benzene rings is 2. The highest BCUT2D eigenvalue weighted by Crippen LogP contribution is 2.38. The number of nitrogens with one attached hydrogen (secondary N) is 1. The molecule has 0 aliphatic heterocycles. The second kappa shape index (κ2) is 6.63. The standard InChI is InChI=1S/C20H19N3O3/c24-19(15-9-16(15)20(25)26)21-10-13-5-7-14(8-6-13)11-23-12-22-17-3-1-2-4-18(17)23/h1-8,12,15-16H,9-11H2,(H,21,24)(H,25,26)/t15-,16-/m1/s1. The van der Waals surface area contributed by atoms with Gasteiger partial charge in [0.25, 0.3) is 0 Å². The van der Waals surface area contributed by atoms with Crippen LogP contribution in [-0.2, 0) is 22.7 Å². The Morgan fingerprint density at radius 1 is 1.08 bits per heavy atom. The zero-order chi connectivity index (χ0) is 18.1. The monoisotopic (exact) mass is 349 g/mol. The largest absolute Gasteiger partial charge is 0.481 e. The number of imidazole rings is 1. The molecule has 0 radical (unpaired) electrons. The summed E-state index contributed by atoms with van der Waals surface area (Å²) in [6.45, 7) is 1.14. The number of aromatic nitrogens is 2. The SMILES string of the molecule is O=C(O)[C@@H]1C[C@H]1C(=O)NCc1ccc(Cn2cnc3ccccc32)cc1. The lowest BCUT2D eigenvalue weighted by Crippen LogP contribution is -2.25. The van der Waals surface area contributed by atoms with Crippen molar-refractivity contribution in [2.75, 3.05) is 0 Å². The summed E-state index contributed by atoms with van der Waals surface area (Å²) in [5, 5.41) is 11.7. The van der Waals surface area contributed by atoms with Gasteiger partial charge in [0.2, 0.25) is 5.91 Å². The maximum absolute atomic E-state index is 11.9. The summed E-state index contributed by atoms with van der Waals surface area (Å²) in [5.41, 5.74) is 4.22. The molecular weight excluding hydrogens is 330 g/mol. The third kappa shape index (κ3) is 3.31. The third-order valence-electron chi connectivity index (χ3n) is 4.81. The number of carbonyl (C=O) groups excluding carboxylic acids is 1. The molecule has 0 saturated heterocycles. The fourth-order valence-corrected chi connectivity index (χ4v) is 3.17. The Morgan fingerprint density at radius 2 is 1.81 bits per heavy atom. The minimum absolute atomic E-state index is 0.175. The van der Waals surface area contributed by atoms with Gasteiger partial charge in [0.15, 0.2) is 0 Å². The van der Waals surface area contributed by atoms with E-state index < -0.39 is 11.9 Å². The molecule has 1 aliphatic rings. The number of para-hydroxylation sites is 2. The number of amides is 1. The molecule has 1 aliphatic carbocycles. The predicted octanol–water partition coefficient (Wildman–Crippen LogP) is 2.42. The average Bonchev–Trinajstić information content (AvgIpc) is 3.37. The van der Waals surface area contributed by atoms with Crippen LogP contribution in [0, 0.1) is 11.8 Å². The van der Waals surface area contributed by atoms with Crippen molar-refractivity contribution < 1.29 is 14.7 Å². The van der Waals surface area contributed by atoms with Crippen LogP contribution in [0.25, 0.3) is 11.0 Å². The van der Waals surface area contributed by atoms with E-state index >= 15 is 0 Å². The minimum atomic E-state index is -0.887. The van der Waals surface area contributed by atoms with Gasteiger partial charge in [-0.2, -0.15) is 0 Å². The molecule has 1 aromatic heterocycles. The zero-order valence-electron chi connectivity index (χ0n) is 14.1. The number of hydrogen-bond donors (Lipinski definition) is 2. The Bertz CT molecular complexity index is 962. The van der Waals surface area contributed by atoms with Gasteiger partial charge < -0.3 is 15.0 Å². The summed E-state index contributed by atoms with van der Waals surface area (Å²) in [7, 11) is 0. The highest BCUT2D eigenvalue weighted by atomic mass is 16.4. The van der Waals surface area contributed by atoms with Crippen molar-refractivity contribution in [1.29, 1.82) is 0 Å². The lowest BCUT2D eigenvalue weighted by molar-refractivity contribution is -0.140. The van der Waals surface area contributed by atoms with E-state index in [0.29, 0.717) is 13.0 Å². The van der Waals surface area contributed by atoms with Crippen LogP contribution < -0.4 is 5.32 Å². The molecule has 6 heteroatoms. The van der Waals surface area contributed by atoms with E-state index in [2.05, 4.69) is 20.9 Å². The number of carboxylic acid groups (broad SMARTS) is 1. The second-order valence-electron chi connectivity index (χ2n) is 6.68. The van der Waals surface area contributed by atoms with Crippen LogP contribution >= 0.6 is 0 Å². The number of hydrogen-bond acceptors (Lipinski definition) is 3. The van der Waals surface area contributed by atoms with Crippen molar-refractivity contribution >= 4 is 22.9 Å². The summed E-state index contributed by atoms with van der Waals surface area (Å²) in [6.07, 6.45) is 2.28. The van der Waals surface area contributed by atoms with Gasteiger partial charge in [-0.1, -0.05) is 36.4 Å². The summed E-state index contributed by atoms with van der Waals surface area (Å²) < 4.78 is 2.10. The fourth-order valence-electron chi connectivity index (χ4n) is 3.17. The molecule has 1 amide bonds. The van der Waals surface area contributed by atoms with Gasteiger partial charge in [-0.3, -0.25) is 9.59 Å². The summed E-state index contributed by atoms with van der Waals surface area (Å²) in [4.78, 5) is 27.1. The number of carbonyl (C=O) groups is 2. The molecule has 0 spiro atoms. The Hall–Kier alpha value is -3.15. The van der Waals surface area contributed by atoms with Crippen LogP contribution in [-0.4, -0.2) is 26.5 Å². The fraction of sp³-hybridized carbons (Fsp3) is 0.250. The van der Waals surface area contributed by atoms with E-state index in [1.54, 1.807) is 0 Å². The molecule has 26 heavy (non-hydrogen) atoms. The van der Waals surface area contributed by atoms with Gasteiger partial charge in [0, 0.05) is 13.1 Å². The van der Waals surface area contributed by atoms with Crippen LogP contribution in [0.1, 0.15) is 17.5 Å². The van der Waals surface area contributed by atoms with Crippen LogP contribution in [0.15, 0.2) is 54.9 Å². The van der Waals surface area contributed by atoms with Crippen LogP contribution in [0.5, 0.6) is 0 Å². The normalized spacial score (nSPS) is 18.6. The highest BCUT2D eigenvalue weighted by Gasteiger charge is 2.48. The van der Waals surface area contributed by atoms with Crippen molar-refractivity contribution in [1.82, 2.24) is 14.9 Å². The van der Waals surface area contributed by atoms with E-state index in [1.165, 1.54) is 0 Å². The Balaban J connectivity index is 1.35. The van der Waals surface area contributed by atoms with Crippen LogP contribution in [0.2, 0.25) is 0 Å². The molecule has 3 aromatic rings. The van der Waals surface area contributed by atoms with E-state index in [4.69, 9.17) is 5.11 Å². The van der Waals surface area contributed by atoms with Gasteiger partial charge >= 0.3 is 5.97 Å². The first-order valence-electron chi connectivity index (χ1n) is 8.60. The first kappa shape index (κ1) is 16.3. The highest BCUT2D eigenvalue weighted by molar-refractivity contribution is 5.89. The molecule has 132 valence electrons. The smallest absolute Gasteiger partial charge is 0.307 e. The number of nitrogens with zero attached hydrogens (tertiary/aromatic N) is 2. The number of carboxylic acids is 1. The second-order valence-corrected chi connectivity index (χ2v) is 6.68. The molecule has 1 heterocycles. The van der Waals surface area contributed by atoms with Crippen molar-refractivity contribution in [3.05, 3.63) is 66.0 Å². The molecule has 1 fully saturated rings. The molecule has 0 unspecified atom stereocenters. The van der Waals surface area contributed by atoms with Crippen molar-refractivity contribution in [3.8, 4) is 0 Å². The molecule has 1 saturated carbocycles. The van der Waals surface area contributed by atoms with E-state index in [-0.39, 0.29) is 11.8 Å². The Labute approximate surface area is 150 Å². The molecule has 2 atom stereocenters. The van der Waals surface area contributed by atoms with E-state index in [1.807, 2.05) is 48.8 Å². The average molecular weight is 349 g/mol. The summed E-state index contributed by atoms with van der Waals surface area (Å²) in [5.74, 6) is -1.95. The first-order chi connectivity index (χ1) is 12.6. The first-order valence-corrected chi connectivity index (χ1v) is 8.60. The molecule has 2 aromatic carbocycles. The molecular formula is C20H19N3O3. The summed E-state index contributed by atoms with van der Waals surface area (Å²) >= 11 is 0. The van der Waals surface area contributed by atoms with Gasteiger partial charge in [0.05, 0.1) is 29.2 Å². The lowest BCUT2D eigenvalue weighted by atomic mass is 10.1. The summed E-state index contributed by atoms with van der Waals surface area (Å²) in [6, 6.07) is 16.1. The van der Waals surface area contributed by atoms with Gasteiger partial charge in [0.1, 0.15) is 0 Å². The predicted molar refractivity (Wildman–Crippen MR) is 96.4 cm³/mol. The van der Waals surface area contributed by atoms with E-state index in [9.17, 15) is 9.59 Å². The zero-order valence-corrected chi connectivity index (χ0v) is 14.1. The third-order valence-corrected chi connectivity index (χ3v) is 4.81. The topological polar surface area (TPSA) is 84.2 Å². The molecule has 2 N–H and O–H groups in total. The van der Waals surface area contributed by atoms with E-state index in [0.717, 1.165) is 28.7 Å². The van der Waals surface area contributed by atoms with Gasteiger partial charge in [-0.25, -0.2) is 4.98 Å². The van der Waals surface area contributed by atoms with Crippen molar-refractivity contribution in [2.24, 2.45) is 11.8 Å². The number of rotatable bonds is 6. The van der Waals surface area contributed by atoms with Gasteiger partial charge in [-0.05, 0) is 29.7 Å². The maximum Gasteiger partial charge on any atom is 0.307 e. The molecule has 0 bridgehead atoms. The number of aliphatic carboxylic acids is 1. The van der Waals surface area contributed by atoms with Gasteiger partial charge in [-0.15, -0.1) is 0 Å². The quantitative estimate of drug-likeness (QED) is 0.716. The molecule has 4 rings (SSSR count). The Morgan fingerprint density at radius 3 is 2.54 bits per heavy atom. The number of fused-ring (bicyclic) bond motifs is 1. The Kier molecular flexibility index (Phi) is 4.16. The van der Waals surface area contributed by atoms with Crippen LogP contribution in [0.4, 0.5) is 0 Å². The lowest BCUT2D eigenvalue weighted by Gasteiger charge is -2.08. The minimum Gasteiger partial charge on any atom is -0.481 e. The van der Waals surface area contributed by atoms with Crippen molar-refractivity contribution in [3.63, 3.8) is 0 Å². The van der Waals surface area contributed by atoms with Crippen molar-refractivity contribution in [2.45, 2.75) is 19.5 Å². The maximum atomic E-state index is 11.9.